The Labute approximate surface area is 94.1 Å². The van der Waals surface area contributed by atoms with Gasteiger partial charge in [0.15, 0.2) is 0 Å². The van der Waals surface area contributed by atoms with Crippen molar-refractivity contribution in [2.45, 2.75) is 13.0 Å². The van der Waals surface area contributed by atoms with Gasteiger partial charge in [-0.1, -0.05) is 0 Å². The first-order valence-corrected chi connectivity index (χ1v) is 4.97. The smallest absolute Gasteiger partial charge is 0.123 e. The third-order valence-electron chi connectivity index (χ3n) is 2.29. The lowest BCUT2D eigenvalue weighted by Crippen LogP contribution is -1.98. The fourth-order valence-electron chi connectivity index (χ4n) is 1.48. The van der Waals surface area contributed by atoms with Crippen molar-refractivity contribution in [1.82, 2.24) is 14.5 Å². The fraction of sp³-hybridized carbons (Fsp3) is 0.167. The van der Waals surface area contributed by atoms with Crippen LogP contribution in [0.1, 0.15) is 6.42 Å². The molecule has 4 nitrogen and oxygen atoms in total. The largest absolute Gasteiger partial charge is 0.384 e. The van der Waals surface area contributed by atoms with Gasteiger partial charge in [0.05, 0.1) is 18.2 Å². The third kappa shape index (κ3) is 2.04. The Bertz CT molecular complexity index is 505. The molecule has 0 radical (unpaired) electrons. The number of pyridine rings is 1. The number of hydrogen-bond acceptors (Lipinski definition) is 3. The molecule has 0 aromatic carbocycles. The van der Waals surface area contributed by atoms with E-state index >= 15 is 0 Å². The van der Waals surface area contributed by atoms with Gasteiger partial charge in [-0.3, -0.25) is 0 Å². The monoisotopic (exact) mass is 212 g/mol. The molecule has 0 aliphatic rings. The predicted octanol–water partition coefficient (Wildman–Crippen LogP) is 1.55. The van der Waals surface area contributed by atoms with Gasteiger partial charge in [-0.25, -0.2) is 9.97 Å². The van der Waals surface area contributed by atoms with Crippen LogP contribution in [0.5, 0.6) is 0 Å². The highest BCUT2D eigenvalue weighted by atomic mass is 15.0. The summed E-state index contributed by atoms with van der Waals surface area (Å²) in [6, 6.07) is 3.69. The molecule has 0 saturated carbocycles. The fourth-order valence-corrected chi connectivity index (χ4v) is 1.48. The number of nitrogens with zero attached hydrogens (tertiary/aromatic N) is 3. The quantitative estimate of drug-likeness (QED) is 0.785. The summed E-state index contributed by atoms with van der Waals surface area (Å²) in [5.74, 6) is 3.12. The van der Waals surface area contributed by atoms with Crippen molar-refractivity contribution >= 4 is 5.82 Å². The average molecular weight is 212 g/mol. The molecule has 80 valence electrons. The molecular weight excluding hydrogens is 200 g/mol. The summed E-state index contributed by atoms with van der Waals surface area (Å²) < 4.78 is 2.01. The summed E-state index contributed by atoms with van der Waals surface area (Å²) in [6.07, 6.45) is 11.2. The molecule has 0 amide bonds. The van der Waals surface area contributed by atoms with E-state index in [0.717, 1.165) is 17.8 Å². The van der Waals surface area contributed by atoms with Gasteiger partial charge < -0.3 is 10.3 Å². The number of nitrogen functional groups attached to an aromatic ring is 1. The van der Waals surface area contributed by atoms with E-state index in [-0.39, 0.29) is 0 Å². The first kappa shape index (κ1) is 10.2. The zero-order valence-corrected chi connectivity index (χ0v) is 8.80. The highest BCUT2D eigenvalue weighted by Gasteiger charge is 2.04. The van der Waals surface area contributed by atoms with Crippen molar-refractivity contribution in [3.63, 3.8) is 0 Å². The van der Waals surface area contributed by atoms with E-state index in [1.165, 1.54) is 0 Å². The topological polar surface area (TPSA) is 56.7 Å². The second-order valence-electron chi connectivity index (χ2n) is 3.40. The van der Waals surface area contributed by atoms with Gasteiger partial charge in [0.25, 0.3) is 0 Å². The van der Waals surface area contributed by atoms with Crippen molar-refractivity contribution in [3.8, 4) is 23.6 Å². The van der Waals surface area contributed by atoms with Crippen molar-refractivity contribution in [3.05, 3.63) is 30.9 Å². The summed E-state index contributed by atoms with van der Waals surface area (Å²) in [5.41, 5.74) is 7.53. The molecule has 2 aromatic heterocycles. The van der Waals surface area contributed by atoms with Gasteiger partial charge in [-0.15, -0.1) is 12.3 Å². The van der Waals surface area contributed by atoms with E-state index < -0.39 is 0 Å². The number of rotatable bonds is 3. The van der Waals surface area contributed by atoms with Gasteiger partial charge in [0, 0.05) is 24.7 Å². The Kier molecular flexibility index (Phi) is 2.88. The highest BCUT2D eigenvalue weighted by molar-refractivity contribution is 5.59. The molecule has 16 heavy (non-hydrogen) atoms. The van der Waals surface area contributed by atoms with Crippen LogP contribution in [-0.4, -0.2) is 14.5 Å². The van der Waals surface area contributed by atoms with Gasteiger partial charge in [-0.05, 0) is 12.1 Å². The number of imidazole rings is 1. The molecule has 0 bridgehead atoms. The lowest BCUT2D eigenvalue weighted by atomic mass is 10.2. The van der Waals surface area contributed by atoms with Crippen LogP contribution in [0.25, 0.3) is 11.3 Å². The van der Waals surface area contributed by atoms with E-state index in [9.17, 15) is 0 Å². The lowest BCUT2D eigenvalue weighted by Gasteiger charge is -2.05. The van der Waals surface area contributed by atoms with Gasteiger partial charge in [0.1, 0.15) is 5.82 Å². The average Bonchev–Trinajstić information content (AvgIpc) is 2.75. The van der Waals surface area contributed by atoms with Crippen molar-refractivity contribution < 1.29 is 0 Å². The van der Waals surface area contributed by atoms with Crippen LogP contribution < -0.4 is 5.73 Å². The zero-order chi connectivity index (χ0) is 11.4. The minimum Gasteiger partial charge on any atom is -0.384 e. The molecule has 4 heteroatoms. The Balaban J connectivity index is 2.30. The van der Waals surface area contributed by atoms with Crippen LogP contribution in [0.3, 0.4) is 0 Å². The normalized spacial score (nSPS) is 9.94. The Morgan fingerprint density at radius 1 is 1.38 bits per heavy atom. The Morgan fingerprint density at radius 3 is 2.94 bits per heavy atom. The van der Waals surface area contributed by atoms with Crippen molar-refractivity contribution in [2.24, 2.45) is 0 Å². The summed E-state index contributed by atoms with van der Waals surface area (Å²) in [6.45, 7) is 0.760. The van der Waals surface area contributed by atoms with Gasteiger partial charge >= 0.3 is 0 Å². The van der Waals surface area contributed by atoms with E-state index in [1.807, 2.05) is 10.6 Å². The standard InChI is InChI=1S/C12H12N4/c1-2-3-6-16-9-14-8-11(16)10-4-5-12(13)15-7-10/h1,4-5,7-9H,3,6H2,(H2,13,15). The predicted molar refractivity (Wildman–Crippen MR) is 63.3 cm³/mol. The number of hydrogen-bond donors (Lipinski definition) is 1. The second kappa shape index (κ2) is 4.49. The number of anilines is 1. The highest BCUT2D eigenvalue weighted by Crippen LogP contribution is 2.18. The van der Waals surface area contributed by atoms with Crippen molar-refractivity contribution in [1.29, 1.82) is 0 Å². The first-order chi connectivity index (χ1) is 7.81. The minimum absolute atomic E-state index is 0.512. The number of aromatic nitrogens is 3. The molecule has 0 aliphatic carbocycles. The maximum Gasteiger partial charge on any atom is 0.123 e. The first-order valence-electron chi connectivity index (χ1n) is 4.97. The van der Waals surface area contributed by atoms with Crippen LogP contribution in [0, 0.1) is 12.3 Å². The van der Waals surface area contributed by atoms with Crippen LogP contribution in [0.2, 0.25) is 0 Å². The van der Waals surface area contributed by atoms with Crippen molar-refractivity contribution in [2.75, 3.05) is 5.73 Å². The van der Waals surface area contributed by atoms with E-state index in [0.29, 0.717) is 12.2 Å². The molecule has 0 atom stereocenters. The van der Waals surface area contributed by atoms with Gasteiger partial charge in [-0.2, -0.15) is 0 Å². The summed E-state index contributed by atoms with van der Waals surface area (Å²) in [7, 11) is 0. The molecule has 0 aliphatic heterocycles. The molecule has 2 N–H and O–H groups in total. The Morgan fingerprint density at radius 2 is 2.25 bits per heavy atom. The third-order valence-corrected chi connectivity index (χ3v) is 2.29. The molecule has 2 rings (SSSR count). The van der Waals surface area contributed by atoms with E-state index in [1.54, 1.807) is 24.8 Å². The van der Waals surface area contributed by atoms with E-state index in [4.69, 9.17) is 12.2 Å². The number of nitrogens with two attached hydrogens (primary N) is 1. The maximum absolute atomic E-state index is 5.54. The van der Waals surface area contributed by atoms with Crippen LogP contribution in [0.4, 0.5) is 5.82 Å². The molecular formula is C12H12N4. The van der Waals surface area contributed by atoms with Crippen LogP contribution in [0.15, 0.2) is 30.9 Å². The zero-order valence-electron chi connectivity index (χ0n) is 8.80. The molecule has 0 fully saturated rings. The van der Waals surface area contributed by atoms with Crippen LogP contribution >= 0.6 is 0 Å². The SMILES string of the molecule is C#CCCn1cncc1-c1ccc(N)nc1. The van der Waals surface area contributed by atoms with E-state index in [2.05, 4.69) is 15.9 Å². The summed E-state index contributed by atoms with van der Waals surface area (Å²) >= 11 is 0. The molecule has 0 unspecified atom stereocenters. The number of aryl methyl sites for hydroxylation is 1. The molecule has 0 saturated heterocycles. The van der Waals surface area contributed by atoms with Gasteiger partial charge in [0.2, 0.25) is 0 Å². The Hall–Kier alpha value is -2.28. The summed E-state index contributed by atoms with van der Waals surface area (Å²) in [4.78, 5) is 8.16. The molecule has 2 aromatic rings. The lowest BCUT2D eigenvalue weighted by molar-refractivity contribution is 0.725. The summed E-state index contributed by atoms with van der Waals surface area (Å²) in [5, 5.41) is 0. The molecule has 2 heterocycles. The minimum atomic E-state index is 0.512. The second-order valence-corrected chi connectivity index (χ2v) is 3.40. The van der Waals surface area contributed by atoms with Crippen LogP contribution in [-0.2, 0) is 6.54 Å². The number of terminal acetylenes is 1. The molecule has 0 spiro atoms. The maximum atomic E-state index is 5.54.